The molecule has 2 aromatic heterocycles. The van der Waals surface area contributed by atoms with Crippen molar-refractivity contribution in [2.24, 2.45) is 11.3 Å². The average molecular weight is 403 g/mol. The summed E-state index contributed by atoms with van der Waals surface area (Å²) in [4.78, 5) is 0. The van der Waals surface area contributed by atoms with Gasteiger partial charge in [-0.15, -0.1) is 0 Å². The Bertz CT molecular complexity index is 977. The van der Waals surface area contributed by atoms with Crippen molar-refractivity contribution in [1.82, 2.24) is 14.9 Å². The fourth-order valence-corrected chi connectivity index (χ4v) is 4.75. The van der Waals surface area contributed by atoms with Crippen molar-refractivity contribution in [3.63, 3.8) is 0 Å². The third kappa shape index (κ3) is 4.06. The van der Waals surface area contributed by atoms with E-state index in [1.165, 1.54) is 12.8 Å². The first-order valence-electron chi connectivity index (χ1n) is 9.55. The molecule has 1 fully saturated rings. The largest absolute Gasteiger partial charge is 0.496 e. The molecule has 0 bridgehead atoms. The lowest BCUT2D eigenvalue weighted by Gasteiger charge is -2.23. The van der Waals surface area contributed by atoms with Crippen LogP contribution in [-0.2, 0) is 17.5 Å². The van der Waals surface area contributed by atoms with Crippen LogP contribution in [0.3, 0.4) is 0 Å². The highest BCUT2D eigenvalue weighted by molar-refractivity contribution is 7.86. The van der Waals surface area contributed by atoms with Gasteiger partial charge in [0.1, 0.15) is 22.1 Å². The number of rotatable bonds is 9. The summed E-state index contributed by atoms with van der Waals surface area (Å²) in [7, 11) is 0.385. The molecule has 0 aliphatic heterocycles. The summed E-state index contributed by atoms with van der Waals surface area (Å²) in [5, 5.41) is 9.03. The van der Waals surface area contributed by atoms with Crippen molar-refractivity contribution in [2.45, 2.75) is 39.7 Å². The summed E-state index contributed by atoms with van der Waals surface area (Å²) in [6.07, 6.45) is 7.14. The smallest absolute Gasteiger partial charge is 0.192 e. The van der Waals surface area contributed by atoms with Crippen LogP contribution < -0.4 is 9.46 Å². The van der Waals surface area contributed by atoms with E-state index in [0.29, 0.717) is 34.8 Å². The van der Waals surface area contributed by atoms with Crippen LogP contribution >= 0.6 is 0 Å². The van der Waals surface area contributed by atoms with Crippen LogP contribution in [0.4, 0.5) is 5.82 Å². The van der Waals surface area contributed by atoms with Crippen LogP contribution in [0, 0.1) is 11.3 Å². The fraction of sp³-hybridized carbons (Fsp3) is 0.500. The topological polar surface area (TPSA) is 82.2 Å². The quantitative estimate of drug-likeness (QED) is 0.585. The van der Waals surface area contributed by atoms with E-state index in [1.54, 1.807) is 13.3 Å². The van der Waals surface area contributed by atoms with E-state index in [9.17, 15) is 4.21 Å². The van der Waals surface area contributed by atoms with Crippen molar-refractivity contribution in [3.05, 3.63) is 36.2 Å². The molecule has 0 amide bonds. The molecule has 1 unspecified atom stereocenters. The second kappa shape index (κ2) is 7.58. The van der Waals surface area contributed by atoms with E-state index in [0.717, 1.165) is 17.9 Å². The van der Waals surface area contributed by atoms with Gasteiger partial charge in [-0.25, -0.2) is 4.21 Å². The molecule has 8 heteroatoms. The summed E-state index contributed by atoms with van der Waals surface area (Å²) in [5.41, 5.74) is 1.82. The SMILES string of the molecule is COc1cc(Cn2cccn2)cc2onc(NS(=O)CCC(C)(C)C3CC3)c12. The van der Waals surface area contributed by atoms with Gasteiger partial charge in [0.2, 0.25) is 0 Å². The summed E-state index contributed by atoms with van der Waals surface area (Å²) in [5.74, 6) is 2.45. The summed E-state index contributed by atoms with van der Waals surface area (Å²) < 4.78 is 28.5. The molecule has 28 heavy (non-hydrogen) atoms. The third-order valence-electron chi connectivity index (χ3n) is 5.55. The number of hydrogen-bond donors (Lipinski definition) is 1. The van der Waals surface area contributed by atoms with Crippen molar-refractivity contribution >= 4 is 27.8 Å². The zero-order valence-electron chi connectivity index (χ0n) is 16.5. The predicted octanol–water partition coefficient (Wildman–Crippen LogP) is 3.98. The molecule has 1 saturated carbocycles. The predicted molar refractivity (Wildman–Crippen MR) is 110 cm³/mol. The van der Waals surface area contributed by atoms with Crippen molar-refractivity contribution in [2.75, 3.05) is 17.6 Å². The summed E-state index contributed by atoms with van der Waals surface area (Å²) in [6.45, 7) is 5.12. The van der Waals surface area contributed by atoms with Crippen LogP contribution in [-0.4, -0.2) is 32.0 Å². The highest BCUT2D eigenvalue weighted by atomic mass is 32.2. The van der Waals surface area contributed by atoms with Gasteiger partial charge < -0.3 is 9.26 Å². The number of hydrogen-bond acceptors (Lipinski definition) is 5. The van der Waals surface area contributed by atoms with E-state index < -0.39 is 11.0 Å². The Morgan fingerprint density at radius 1 is 1.39 bits per heavy atom. The molecule has 2 heterocycles. The molecular formula is C20H26N4O3S. The minimum absolute atomic E-state index is 0.238. The molecular weight excluding hydrogens is 376 g/mol. The first-order valence-corrected chi connectivity index (χ1v) is 10.9. The molecule has 1 aliphatic rings. The van der Waals surface area contributed by atoms with Crippen LogP contribution in [0.25, 0.3) is 11.0 Å². The second-order valence-corrected chi connectivity index (χ2v) is 9.37. The van der Waals surface area contributed by atoms with Gasteiger partial charge in [-0.2, -0.15) is 5.10 Å². The molecule has 3 aromatic rings. The number of nitrogens with one attached hydrogen (secondary N) is 1. The lowest BCUT2D eigenvalue weighted by molar-refractivity contribution is 0.299. The van der Waals surface area contributed by atoms with Crippen molar-refractivity contribution in [1.29, 1.82) is 0 Å². The van der Waals surface area contributed by atoms with Gasteiger partial charge in [-0.3, -0.25) is 9.40 Å². The molecule has 0 saturated heterocycles. The maximum Gasteiger partial charge on any atom is 0.192 e. The van der Waals surface area contributed by atoms with Gasteiger partial charge >= 0.3 is 0 Å². The summed E-state index contributed by atoms with van der Waals surface area (Å²) in [6, 6.07) is 5.73. The van der Waals surface area contributed by atoms with Crippen LogP contribution in [0.5, 0.6) is 5.75 Å². The molecule has 7 nitrogen and oxygen atoms in total. The lowest BCUT2D eigenvalue weighted by Crippen LogP contribution is -2.20. The lowest BCUT2D eigenvalue weighted by atomic mass is 9.85. The average Bonchev–Trinajstić information content (AvgIpc) is 3.30. The Hall–Kier alpha value is -2.35. The van der Waals surface area contributed by atoms with E-state index in [4.69, 9.17) is 9.26 Å². The molecule has 4 rings (SSSR count). The highest BCUT2D eigenvalue weighted by Gasteiger charge is 2.37. The monoisotopic (exact) mass is 402 g/mol. The van der Waals surface area contributed by atoms with Gasteiger partial charge in [-0.1, -0.05) is 19.0 Å². The number of aromatic nitrogens is 3. The number of benzene rings is 1. The maximum absolute atomic E-state index is 12.6. The Kier molecular flexibility index (Phi) is 5.14. The molecule has 1 aromatic carbocycles. The molecule has 1 atom stereocenters. The molecule has 1 aliphatic carbocycles. The van der Waals surface area contributed by atoms with Crippen LogP contribution in [0.2, 0.25) is 0 Å². The van der Waals surface area contributed by atoms with Gasteiger partial charge in [-0.05, 0) is 54.4 Å². The number of fused-ring (bicyclic) bond motifs is 1. The molecule has 0 spiro atoms. The number of ether oxygens (including phenoxy) is 1. The normalized spacial score (nSPS) is 15.7. The van der Waals surface area contributed by atoms with E-state index in [-0.39, 0.29) is 5.41 Å². The summed E-state index contributed by atoms with van der Waals surface area (Å²) >= 11 is 0. The number of methoxy groups -OCH3 is 1. The third-order valence-corrected chi connectivity index (χ3v) is 6.54. The maximum atomic E-state index is 12.6. The molecule has 150 valence electrons. The Morgan fingerprint density at radius 2 is 2.21 bits per heavy atom. The Balaban J connectivity index is 1.50. The van der Waals surface area contributed by atoms with Crippen molar-refractivity contribution < 1.29 is 13.5 Å². The second-order valence-electron chi connectivity index (χ2n) is 8.07. The number of anilines is 1. The number of nitrogens with zero attached hydrogens (tertiary/aromatic N) is 3. The van der Waals surface area contributed by atoms with E-state index in [2.05, 4.69) is 28.8 Å². The van der Waals surface area contributed by atoms with Gasteiger partial charge in [0.25, 0.3) is 0 Å². The Labute approximate surface area is 167 Å². The van der Waals surface area contributed by atoms with Crippen molar-refractivity contribution in [3.8, 4) is 5.75 Å². The Morgan fingerprint density at radius 3 is 2.89 bits per heavy atom. The highest BCUT2D eigenvalue weighted by Crippen LogP contribution is 2.47. The zero-order chi connectivity index (χ0) is 19.7. The first-order chi connectivity index (χ1) is 13.5. The minimum atomic E-state index is -1.22. The fourth-order valence-electron chi connectivity index (χ4n) is 3.58. The van der Waals surface area contributed by atoms with Gasteiger partial charge in [0.05, 0.1) is 13.7 Å². The standard InChI is InChI=1S/C20H26N4O3S/c1-20(2,15-5-6-15)7-10-28(25)23-19-18-16(26-3)11-14(12-17(18)27-22-19)13-24-9-4-8-21-24/h4,8-9,11-12,15H,5-7,10,13H2,1-3H3,(H,22,23). The van der Waals surface area contributed by atoms with Crippen LogP contribution in [0.15, 0.2) is 35.1 Å². The van der Waals surface area contributed by atoms with Gasteiger partial charge in [0.15, 0.2) is 11.4 Å². The first kappa shape index (κ1) is 19.0. The minimum Gasteiger partial charge on any atom is -0.496 e. The van der Waals surface area contributed by atoms with Crippen LogP contribution in [0.1, 0.15) is 38.7 Å². The molecule has 0 radical (unpaired) electrons. The van der Waals surface area contributed by atoms with Gasteiger partial charge in [0, 0.05) is 18.1 Å². The van der Waals surface area contributed by atoms with E-state index >= 15 is 0 Å². The molecule has 1 N–H and O–H groups in total. The zero-order valence-corrected chi connectivity index (χ0v) is 17.3. The van der Waals surface area contributed by atoms with E-state index in [1.807, 2.05) is 29.1 Å².